The van der Waals surface area contributed by atoms with Crippen LogP contribution in [-0.2, 0) is 14.8 Å². The summed E-state index contributed by atoms with van der Waals surface area (Å²) in [4.78, 5) is 28.7. The molecule has 0 fully saturated rings. The highest BCUT2D eigenvalue weighted by Gasteiger charge is 2.23. The fourth-order valence-electron chi connectivity index (χ4n) is 2.68. The van der Waals surface area contributed by atoms with E-state index in [1.54, 1.807) is 6.92 Å². The Bertz CT molecular complexity index is 962. The molecule has 0 spiro atoms. The van der Waals surface area contributed by atoms with Gasteiger partial charge in [-0.25, -0.2) is 18.2 Å². The molecule has 0 aliphatic heterocycles. The molecule has 0 unspecified atom stereocenters. The zero-order valence-electron chi connectivity index (χ0n) is 16.9. The number of amides is 1. The SMILES string of the molecule is CCCN(CCC)S(=O)(=O)c1ccc(C(=O)Nc2nc(C)c(C(=O)OC)s2)cc1. The molecular formula is C19H25N3O5S2. The smallest absolute Gasteiger partial charge is 0.350 e. The fraction of sp³-hybridized carbons (Fsp3) is 0.421. The van der Waals surface area contributed by atoms with Gasteiger partial charge in [-0.1, -0.05) is 25.2 Å². The van der Waals surface area contributed by atoms with Crippen LogP contribution in [0.15, 0.2) is 29.2 Å². The maximum Gasteiger partial charge on any atom is 0.350 e. The van der Waals surface area contributed by atoms with Crippen molar-refractivity contribution in [2.45, 2.75) is 38.5 Å². The number of rotatable bonds is 9. The third-order valence-corrected chi connectivity index (χ3v) is 7.05. The molecule has 0 aliphatic carbocycles. The number of hydrogen-bond donors (Lipinski definition) is 1. The molecule has 8 nitrogen and oxygen atoms in total. The summed E-state index contributed by atoms with van der Waals surface area (Å²) < 4.78 is 31.7. The van der Waals surface area contributed by atoms with E-state index in [-0.39, 0.29) is 15.6 Å². The van der Waals surface area contributed by atoms with Gasteiger partial charge in [0.2, 0.25) is 10.0 Å². The van der Waals surface area contributed by atoms with Gasteiger partial charge >= 0.3 is 5.97 Å². The first-order chi connectivity index (χ1) is 13.7. The van der Waals surface area contributed by atoms with Crippen molar-refractivity contribution in [3.63, 3.8) is 0 Å². The third-order valence-electron chi connectivity index (χ3n) is 4.09. The fourth-order valence-corrected chi connectivity index (χ4v) is 5.18. The van der Waals surface area contributed by atoms with Crippen LogP contribution in [0.3, 0.4) is 0 Å². The van der Waals surface area contributed by atoms with E-state index in [9.17, 15) is 18.0 Å². The van der Waals surface area contributed by atoms with Crippen LogP contribution in [0.1, 0.15) is 52.4 Å². The van der Waals surface area contributed by atoms with Gasteiger partial charge in [0.15, 0.2) is 5.13 Å². The lowest BCUT2D eigenvalue weighted by Crippen LogP contribution is -2.32. The van der Waals surface area contributed by atoms with Crippen LogP contribution in [-0.4, -0.2) is 49.8 Å². The van der Waals surface area contributed by atoms with Gasteiger partial charge in [-0.05, 0) is 44.0 Å². The van der Waals surface area contributed by atoms with Crippen molar-refractivity contribution in [3.8, 4) is 0 Å². The number of ether oxygens (including phenoxy) is 1. The van der Waals surface area contributed by atoms with Crippen LogP contribution < -0.4 is 5.32 Å². The van der Waals surface area contributed by atoms with Crippen LogP contribution in [0.5, 0.6) is 0 Å². The number of aromatic nitrogens is 1. The van der Waals surface area contributed by atoms with E-state index in [0.717, 1.165) is 24.2 Å². The van der Waals surface area contributed by atoms with Crippen LogP contribution in [0, 0.1) is 6.92 Å². The molecular weight excluding hydrogens is 414 g/mol. The van der Waals surface area contributed by atoms with E-state index >= 15 is 0 Å². The van der Waals surface area contributed by atoms with Gasteiger partial charge in [0.1, 0.15) is 4.88 Å². The normalized spacial score (nSPS) is 11.5. The van der Waals surface area contributed by atoms with Crippen molar-refractivity contribution in [1.29, 1.82) is 0 Å². The van der Waals surface area contributed by atoms with E-state index in [0.29, 0.717) is 23.7 Å². The van der Waals surface area contributed by atoms with Crippen molar-refractivity contribution in [3.05, 3.63) is 40.4 Å². The molecule has 1 aromatic carbocycles. The number of carbonyl (C=O) groups is 2. The lowest BCUT2D eigenvalue weighted by Gasteiger charge is -2.21. The number of carbonyl (C=O) groups excluding carboxylic acids is 2. The molecule has 0 saturated carbocycles. The third kappa shape index (κ3) is 5.40. The second-order valence-corrected chi connectivity index (χ2v) is 9.24. The average molecular weight is 440 g/mol. The standard InChI is InChI=1S/C19H25N3O5S2/c1-5-11-22(12-6-2)29(25,26)15-9-7-14(8-10-15)17(23)21-19-20-13(3)16(28-19)18(24)27-4/h7-10H,5-6,11-12H2,1-4H3,(H,20,21,23). The molecule has 10 heteroatoms. The number of thiazole rings is 1. The minimum absolute atomic E-state index is 0.147. The Morgan fingerprint density at radius 2 is 1.72 bits per heavy atom. The van der Waals surface area contributed by atoms with E-state index < -0.39 is 21.9 Å². The lowest BCUT2D eigenvalue weighted by atomic mass is 10.2. The minimum Gasteiger partial charge on any atom is -0.465 e. The number of hydrogen-bond acceptors (Lipinski definition) is 7. The molecule has 0 radical (unpaired) electrons. The topological polar surface area (TPSA) is 106 Å². The summed E-state index contributed by atoms with van der Waals surface area (Å²) in [7, 11) is -2.33. The van der Waals surface area contributed by atoms with E-state index in [1.165, 1.54) is 35.7 Å². The molecule has 1 N–H and O–H groups in total. The van der Waals surface area contributed by atoms with Gasteiger partial charge < -0.3 is 4.74 Å². The Labute approximate surface area is 175 Å². The van der Waals surface area contributed by atoms with Gasteiger partial charge in [0, 0.05) is 18.7 Å². The van der Waals surface area contributed by atoms with Gasteiger partial charge in [0.25, 0.3) is 5.91 Å². The molecule has 1 amide bonds. The summed E-state index contributed by atoms with van der Waals surface area (Å²) in [6, 6.07) is 5.77. The predicted molar refractivity (Wildman–Crippen MR) is 112 cm³/mol. The predicted octanol–water partition coefficient (Wildman–Crippen LogP) is 3.30. The number of nitrogens with one attached hydrogen (secondary N) is 1. The molecule has 158 valence electrons. The Balaban J connectivity index is 2.17. The van der Waals surface area contributed by atoms with E-state index in [4.69, 9.17) is 0 Å². The van der Waals surface area contributed by atoms with Crippen molar-refractivity contribution in [1.82, 2.24) is 9.29 Å². The van der Waals surface area contributed by atoms with Crippen molar-refractivity contribution < 1.29 is 22.7 Å². The van der Waals surface area contributed by atoms with Gasteiger partial charge in [-0.15, -0.1) is 0 Å². The second kappa shape index (κ2) is 9.95. The van der Waals surface area contributed by atoms with Crippen LogP contribution in [0.25, 0.3) is 0 Å². The van der Waals surface area contributed by atoms with Crippen LogP contribution in [0.4, 0.5) is 5.13 Å². The van der Waals surface area contributed by atoms with E-state index in [2.05, 4.69) is 15.0 Å². The first kappa shape index (κ1) is 23.0. The second-order valence-electron chi connectivity index (χ2n) is 6.31. The highest BCUT2D eigenvalue weighted by atomic mass is 32.2. The monoisotopic (exact) mass is 439 g/mol. The van der Waals surface area contributed by atoms with Gasteiger partial charge in [-0.2, -0.15) is 4.31 Å². The zero-order chi connectivity index (χ0) is 21.6. The number of nitrogens with zero attached hydrogens (tertiary/aromatic N) is 2. The summed E-state index contributed by atoms with van der Waals surface area (Å²) in [6.07, 6.45) is 1.45. The Hall–Kier alpha value is -2.30. The maximum absolute atomic E-state index is 12.8. The number of sulfonamides is 1. The van der Waals surface area contributed by atoms with Gasteiger partial charge in [-0.3, -0.25) is 10.1 Å². The van der Waals surface area contributed by atoms with Crippen LogP contribution in [0.2, 0.25) is 0 Å². The Kier molecular flexibility index (Phi) is 7.88. The van der Waals surface area contributed by atoms with Gasteiger partial charge in [0.05, 0.1) is 17.7 Å². The van der Waals surface area contributed by atoms with Crippen molar-refractivity contribution in [2.75, 3.05) is 25.5 Å². The molecule has 2 rings (SSSR count). The quantitative estimate of drug-likeness (QED) is 0.601. The largest absolute Gasteiger partial charge is 0.465 e. The summed E-state index contributed by atoms with van der Waals surface area (Å²) in [5.74, 6) is -0.961. The molecule has 29 heavy (non-hydrogen) atoms. The Morgan fingerprint density at radius 3 is 2.24 bits per heavy atom. The molecule has 0 bridgehead atoms. The lowest BCUT2D eigenvalue weighted by molar-refractivity contribution is 0.0605. The summed E-state index contributed by atoms with van der Waals surface area (Å²) >= 11 is 1.02. The number of aryl methyl sites for hydroxylation is 1. The average Bonchev–Trinajstić information content (AvgIpc) is 3.07. The number of methoxy groups -OCH3 is 1. The summed E-state index contributed by atoms with van der Waals surface area (Å²) in [6.45, 7) is 6.40. The molecule has 0 aliphatic rings. The van der Waals surface area contributed by atoms with Crippen LogP contribution >= 0.6 is 11.3 Å². The molecule has 2 aromatic rings. The number of benzene rings is 1. The maximum atomic E-state index is 12.8. The van der Waals surface area contributed by atoms with Crippen molar-refractivity contribution >= 4 is 38.4 Å². The first-order valence-corrected chi connectivity index (χ1v) is 11.5. The molecule has 0 atom stereocenters. The van der Waals surface area contributed by atoms with E-state index in [1.807, 2.05) is 13.8 Å². The zero-order valence-corrected chi connectivity index (χ0v) is 18.5. The molecule has 1 heterocycles. The molecule has 0 saturated heterocycles. The van der Waals surface area contributed by atoms with Crippen molar-refractivity contribution in [2.24, 2.45) is 0 Å². The highest BCUT2D eigenvalue weighted by Crippen LogP contribution is 2.24. The summed E-state index contributed by atoms with van der Waals surface area (Å²) in [5, 5.41) is 2.89. The first-order valence-electron chi connectivity index (χ1n) is 9.21. The number of esters is 1. The summed E-state index contributed by atoms with van der Waals surface area (Å²) in [5.41, 5.74) is 0.750. The highest BCUT2D eigenvalue weighted by molar-refractivity contribution is 7.89. The number of anilines is 1. The Morgan fingerprint density at radius 1 is 1.14 bits per heavy atom. The minimum atomic E-state index is -3.60. The molecule has 1 aromatic heterocycles.